The van der Waals surface area contributed by atoms with Crippen LogP contribution >= 0.6 is 19.4 Å². The van der Waals surface area contributed by atoms with Gasteiger partial charge in [0, 0.05) is 16.8 Å². The van der Waals surface area contributed by atoms with E-state index in [0.29, 0.717) is 16.1 Å². The summed E-state index contributed by atoms with van der Waals surface area (Å²) in [5, 5.41) is 0.519. The Morgan fingerprint density at radius 1 is 0.907 bits per heavy atom. The highest BCUT2D eigenvalue weighted by Crippen LogP contribution is 2.63. The first-order valence-corrected chi connectivity index (χ1v) is 15.8. The Hall–Kier alpha value is -1.94. The second-order valence-electron chi connectivity index (χ2n) is 12.1. The van der Waals surface area contributed by atoms with Crippen molar-refractivity contribution in [3.63, 3.8) is 0 Å². The summed E-state index contributed by atoms with van der Waals surface area (Å²) in [6, 6.07) is 6.87. The molecule has 0 unspecified atom stereocenters. The van der Waals surface area contributed by atoms with Gasteiger partial charge in [-0.1, -0.05) is 23.7 Å². The molecule has 0 radical (unpaired) electrons. The fourth-order valence-electron chi connectivity index (χ4n) is 6.16. The number of hydrogen-bond acceptors (Lipinski definition) is 12. The predicted molar refractivity (Wildman–Crippen MR) is 146 cm³/mol. The quantitative estimate of drug-likeness (QED) is 0.477. The Labute approximate surface area is 251 Å². The van der Waals surface area contributed by atoms with Gasteiger partial charge in [0.25, 0.3) is 5.56 Å². The van der Waals surface area contributed by atoms with Crippen LogP contribution in [0.2, 0.25) is 5.02 Å². The Bertz CT molecular complexity index is 1580. The van der Waals surface area contributed by atoms with Crippen molar-refractivity contribution in [1.82, 2.24) is 9.55 Å². The van der Waals surface area contributed by atoms with E-state index in [-0.39, 0.29) is 6.61 Å². The number of phosphoric acid groups is 1. The van der Waals surface area contributed by atoms with E-state index in [4.69, 9.17) is 53.6 Å². The summed E-state index contributed by atoms with van der Waals surface area (Å²) in [6.45, 7) is 8.24. The van der Waals surface area contributed by atoms with E-state index in [0.717, 1.165) is 0 Å². The molecule has 0 amide bonds. The Morgan fingerprint density at radius 3 is 2.33 bits per heavy atom. The van der Waals surface area contributed by atoms with Gasteiger partial charge in [-0.25, -0.2) is 9.36 Å². The molecule has 10 atom stereocenters. The number of nitrogens with zero attached hydrogens (tertiary/aromatic N) is 1. The summed E-state index contributed by atoms with van der Waals surface area (Å²) in [5.41, 5.74) is -0.219. The predicted octanol–water partition coefficient (Wildman–Crippen LogP) is 3.07. The first-order chi connectivity index (χ1) is 20.2. The SMILES string of the molecule is Cc1cn([C@@H]2O[C@H](CO[P@]3(=O)O[C@@H]4[C@H]5OC(C)(C)O[C@H]5O[C@@H]4[C@H](c4ccc(Cl)cc4)O3)[C@H]3OC(C)(C)O[C@H]32)c(=O)[nH]c1=O. The zero-order valence-corrected chi connectivity index (χ0v) is 25.6. The first-order valence-electron chi connectivity index (χ1n) is 13.9. The molecule has 6 heterocycles. The van der Waals surface area contributed by atoms with E-state index in [1.807, 2.05) is 0 Å². The summed E-state index contributed by atoms with van der Waals surface area (Å²) >= 11 is 6.11. The molecule has 5 saturated heterocycles. The highest BCUT2D eigenvalue weighted by molar-refractivity contribution is 7.48. The van der Waals surface area contributed by atoms with Crippen molar-refractivity contribution in [2.75, 3.05) is 6.61 Å². The maximum absolute atomic E-state index is 14.2. The number of hydrogen-bond donors (Lipinski definition) is 1. The standard InChI is InChI=1S/C27H32ClN2O12P/c1-12-10-30(25(32)29-22(12)31)23-20-17(37-26(2,3)38-20)15(35-23)11-34-43(33)41-16(13-6-8-14(28)9-7-13)18-19(42-43)21-24(36-18)40-27(4,5)39-21/h6-10,15-21,23-24H,11H2,1-5H3,(H,29,31,32)/t15-,16+,17-,18-,19+,20-,21-,23-,24-,43+/m1/s1. The average molecular weight is 643 g/mol. The third kappa shape index (κ3) is 5.36. The molecule has 16 heteroatoms. The molecule has 43 heavy (non-hydrogen) atoms. The van der Waals surface area contributed by atoms with Gasteiger partial charge >= 0.3 is 13.5 Å². The molecule has 14 nitrogen and oxygen atoms in total. The van der Waals surface area contributed by atoms with Gasteiger partial charge in [-0.3, -0.25) is 27.9 Å². The molecule has 5 aliphatic heterocycles. The minimum absolute atomic E-state index is 0.298. The molecule has 0 aliphatic carbocycles. The monoisotopic (exact) mass is 642 g/mol. The molecule has 1 aromatic heterocycles. The maximum Gasteiger partial charge on any atom is 0.476 e. The highest BCUT2D eigenvalue weighted by Gasteiger charge is 2.63. The zero-order valence-electron chi connectivity index (χ0n) is 24.0. The molecule has 7 rings (SSSR count). The Morgan fingerprint density at radius 2 is 1.58 bits per heavy atom. The molecular formula is C27H32ClN2O12P. The van der Waals surface area contributed by atoms with Crippen LogP contribution in [0.25, 0.3) is 0 Å². The number of fused-ring (bicyclic) bond motifs is 4. The minimum atomic E-state index is -4.29. The summed E-state index contributed by atoms with van der Waals surface area (Å²) in [6.07, 6.45) is -5.71. The summed E-state index contributed by atoms with van der Waals surface area (Å²) < 4.78 is 69.7. The molecule has 234 valence electrons. The van der Waals surface area contributed by atoms with Gasteiger partial charge in [-0.05, 0) is 52.3 Å². The number of halogens is 1. The number of ether oxygens (including phenoxy) is 6. The van der Waals surface area contributed by atoms with Crippen molar-refractivity contribution in [1.29, 1.82) is 0 Å². The van der Waals surface area contributed by atoms with Crippen LogP contribution in [-0.4, -0.2) is 70.6 Å². The van der Waals surface area contributed by atoms with Crippen LogP contribution in [0.4, 0.5) is 0 Å². The average Bonchev–Trinajstić information content (AvgIpc) is 3.61. The third-order valence-corrected chi connectivity index (χ3v) is 9.66. The maximum atomic E-state index is 14.2. The topological polar surface area (TPSA) is 155 Å². The van der Waals surface area contributed by atoms with Crippen LogP contribution in [0.3, 0.4) is 0 Å². The van der Waals surface area contributed by atoms with Gasteiger partial charge in [-0.2, -0.15) is 0 Å². The Kier molecular flexibility index (Phi) is 7.12. The van der Waals surface area contributed by atoms with E-state index in [2.05, 4.69) is 4.98 Å². The molecule has 2 aromatic rings. The first kappa shape index (κ1) is 29.8. The van der Waals surface area contributed by atoms with Gasteiger partial charge < -0.3 is 28.4 Å². The lowest BCUT2D eigenvalue weighted by Gasteiger charge is -2.38. The van der Waals surface area contributed by atoms with Crippen molar-refractivity contribution in [2.45, 2.75) is 101 Å². The van der Waals surface area contributed by atoms with Gasteiger partial charge in [0.1, 0.15) is 42.7 Å². The van der Waals surface area contributed by atoms with Gasteiger partial charge in [0.05, 0.1) is 6.61 Å². The second kappa shape index (κ2) is 10.3. The number of benzene rings is 1. The molecule has 0 spiro atoms. The van der Waals surface area contributed by atoms with E-state index in [9.17, 15) is 14.2 Å². The largest absolute Gasteiger partial charge is 0.476 e. The number of nitrogens with one attached hydrogen (secondary N) is 1. The molecule has 5 aliphatic rings. The van der Waals surface area contributed by atoms with Gasteiger partial charge in [0.15, 0.2) is 24.1 Å². The van der Waals surface area contributed by atoms with E-state index >= 15 is 0 Å². The van der Waals surface area contributed by atoms with Crippen LogP contribution < -0.4 is 11.2 Å². The zero-order chi connectivity index (χ0) is 30.5. The smallest absolute Gasteiger partial charge is 0.346 e. The molecule has 1 aromatic carbocycles. The lowest BCUT2D eigenvalue weighted by molar-refractivity contribution is -0.232. The highest BCUT2D eigenvalue weighted by atomic mass is 35.5. The lowest BCUT2D eigenvalue weighted by atomic mass is 9.99. The summed E-state index contributed by atoms with van der Waals surface area (Å²) in [7, 11) is -4.29. The number of phosphoric ester groups is 1. The minimum Gasteiger partial charge on any atom is -0.346 e. The molecular weight excluding hydrogens is 611 g/mol. The second-order valence-corrected chi connectivity index (χ2v) is 14.1. The summed E-state index contributed by atoms with van der Waals surface area (Å²) in [4.78, 5) is 26.9. The van der Waals surface area contributed by atoms with E-state index < -0.39 is 85.9 Å². The van der Waals surface area contributed by atoms with Crippen LogP contribution in [0.1, 0.15) is 51.2 Å². The summed E-state index contributed by atoms with van der Waals surface area (Å²) in [5.74, 6) is -1.94. The van der Waals surface area contributed by atoms with Crippen molar-refractivity contribution in [2.24, 2.45) is 0 Å². The Balaban J connectivity index is 1.15. The normalized spacial score (nSPS) is 40.7. The molecule has 1 N–H and O–H groups in total. The lowest BCUT2D eigenvalue weighted by Crippen LogP contribution is -2.43. The van der Waals surface area contributed by atoms with Gasteiger partial charge in [-0.15, -0.1) is 0 Å². The van der Waals surface area contributed by atoms with Crippen LogP contribution in [0.5, 0.6) is 0 Å². The number of H-pyrrole nitrogens is 1. The number of aryl methyl sites for hydroxylation is 1. The number of aromatic amines is 1. The molecule has 0 bridgehead atoms. The molecule has 0 saturated carbocycles. The fourth-order valence-corrected chi connectivity index (χ4v) is 7.85. The van der Waals surface area contributed by atoms with Crippen molar-refractivity contribution >= 4 is 19.4 Å². The van der Waals surface area contributed by atoms with Gasteiger partial charge in [0.2, 0.25) is 0 Å². The van der Waals surface area contributed by atoms with Crippen LogP contribution in [-0.2, 0) is 46.6 Å². The van der Waals surface area contributed by atoms with E-state index in [1.54, 1.807) is 58.9 Å². The van der Waals surface area contributed by atoms with Crippen LogP contribution in [0.15, 0.2) is 40.1 Å². The van der Waals surface area contributed by atoms with Crippen LogP contribution in [0, 0.1) is 6.92 Å². The fraction of sp³-hybridized carbons (Fsp3) is 0.630. The van der Waals surface area contributed by atoms with Crippen molar-refractivity contribution < 1.29 is 46.6 Å². The number of aromatic nitrogens is 2. The van der Waals surface area contributed by atoms with Crippen molar-refractivity contribution in [3.8, 4) is 0 Å². The van der Waals surface area contributed by atoms with Crippen molar-refractivity contribution in [3.05, 3.63) is 67.4 Å². The number of rotatable bonds is 5. The third-order valence-electron chi connectivity index (χ3n) is 7.96. The molecule has 5 fully saturated rings. The van der Waals surface area contributed by atoms with E-state index in [1.165, 1.54) is 10.8 Å².